The summed E-state index contributed by atoms with van der Waals surface area (Å²) in [4.78, 5) is 40.3. The van der Waals surface area contributed by atoms with Crippen LogP contribution in [0.1, 0.15) is 342 Å². The summed E-state index contributed by atoms with van der Waals surface area (Å²) in [6, 6.07) is -0.899. The van der Waals surface area contributed by atoms with E-state index in [4.69, 9.17) is 13.8 Å². The number of amides is 1. The van der Waals surface area contributed by atoms with Gasteiger partial charge in [-0.05, 0) is 102 Å². The molecule has 506 valence electrons. The van der Waals surface area contributed by atoms with Crippen LogP contribution in [0.5, 0.6) is 0 Å². The first-order chi connectivity index (χ1) is 42.4. The molecule has 0 fully saturated rings. The molecule has 0 aromatic rings. The molecule has 3 atom stereocenters. The molecule has 0 aliphatic rings. The normalized spacial score (nSPS) is 14.0. The second-order valence-electron chi connectivity index (χ2n) is 26.1. The summed E-state index contributed by atoms with van der Waals surface area (Å²) >= 11 is 0. The Morgan fingerprint density at radius 3 is 1.11 bits per heavy atom. The highest BCUT2D eigenvalue weighted by molar-refractivity contribution is 7.45. The Kier molecular flexibility index (Phi) is 64.0. The largest absolute Gasteiger partial charge is 0.756 e. The molecule has 0 aromatic heterocycles. The van der Waals surface area contributed by atoms with Crippen LogP contribution in [-0.2, 0) is 27.9 Å². The summed E-state index contributed by atoms with van der Waals surface area (Å²) in [5, 5.41) is 3.04. The third-order valence-corrected chi connectivity index (χ3v) is 17.3. The number of carbonyl (C=O) groups excluding carboxylic acids is 2. The van der Waals surface area contributed by atoms with Gasteiger partial charge in [0.15, 0.2) is 0 Å². The van der Waals surface area contributed by atoms with Gasteiger partial charge in [-0.1, -0.05) is 312 Å². The monoisotopic (exact) mass is 1240 g/mol. The Hall–Kier alpha value is -2.81. The fraction of sp³-hybridized carbons (Fsp3) is 0.792. The van der Waals surface area contributed by atoms with Crippen LogP contribution in [0.2, 0.25) is 0 Å². The maximum absolute atomic E-state index is 13.6. The van der Waals surface area contributed by atoms with E-state index < -0.39 is 26.6 Å². The molecule has 1 N–H and O–H groups in total. The quantitative estimate of drug-likeness (QED) is 0.0212. The van der Waals surface area contributed by atoms with Crippen molar-refractivity contribution in [1.82, 2.24) is 5.32 Å². The molecule has 0 heterocycles. The van der Waals surface area contributed by atoms with Gasteiger partial charge in [0.1, 0.15) is 19.3 Å². The van der Waals surface area contributed by atoms with Gasteiger partial charge in [0.25, 0.3) is 7.82 Å². The number of hydrogen-bond donors (Lipinski definition) is 1. The number of likely N-dealkylation sites (N-methyl/N-ethyl adjacent to an activating group) is 1. The predicted octanol–water partition coefficient (Wildman–Crippen LogP) is 23.0. The van der Waals surface area contributed by atoms with Gasteiger partial charge in [-0.3, -0.25) is 14.2 Å². The molecule has 0 bridgehead atoms. The van der Waals surface area contributed by atoms with Crippen molar-refractivity contribution in [3.63, 3.8) is 0 Å². The molecule has 0 aliphatic heterocycles. The predicted molar refractivity (Wildman–Crippen MR) is 376 cm³/mol. The molecular formula is C77H141N2O7P. The number of carbonyl (C=O) groups is 2. The van der Waals surface area contributed by atoms with Gasteiger partial charge in [-0.2, -0.15) is 0 Å². The van der Waals surface area contributed by atoms with Crippen molar-refractivity contribution in [3.05, 3.63) is 85.1 Å². The minimum atomic E-state index is -4.71. The minimum absolute atomic E-state index is 0.0266. The molecule has 3 unspecified atom stereocenters. The molecule has 1 amide bonds. The highest BCUT2D eigenvalue weighted by atomic mass is 31.2. The molecule has 87 heavy (non-hydrogen) atoms. The Morgan fingerprint density at radius 1 is 0.414 bits per heavy atom. The Balaban J connectivity index is 5.08. The molecule has 0 aliphatic carbocycles. The third-order valence-electron chi connectivity index (χ3n) is 16.3. The smallest absolute Gasteiger partial charge is 0.306 e. The second kappa shape index (κ2) is 66.1. The number of esters is 1. The molecule has 0 aromatic carbocycles. The van der Waals surface area contributed by atoms with Crippen LogP contribution in [-0.4, -0.2) is 69.4 Å². The summed E-state index contributed by atoms with van der Waals surface area (Å²) in [5.41, 5.74) is 0. The number of allylic oxidation sites excluding steroid dienone is 13. The summed E-state index contributed by atoms with van der Waals surface area (Å²) in [6.07, 6.45) is 88.5. The van der Waals surface area contributed by atoms with Crippen molar-refractivity contribution in [2.24, 2.45) is 0 Å². The fourth-order valence-electron chi connectivity index (χ4n) is 10.7. The van der Waals surface area contributed by atoms with Gasteiger partial charge in [0, 0.05) is 12.8 Å². The number of quaternary nitrogens is 1. The van der Waals surface area contributed by atoms with Gasteiger partial charge in [-0.25, -0.2) is 0 Å². The Labute approximate surface area is 539 Å². The standard InChI is InChI=1S/C77H141N2O7P/c1-7-10-13-16-19-22-25-28-30-32-34-36-38-39-41-43-45-47-49-52-55-58-61-64-67-70-77(81)86-75(68-65-62-59-56-53-50-27-24-21-18-15-12-9-3)74(73-85-87(82,83)84-72-71-79(4,5)6)78-76(80)69-66-63-60-57-54-51-48-46-44-42-40-37-35-33-31-29-26-23-20-17-14-11-8-2/h11,14,20,23,28-31,35,37,42,44,65,68,74-75H,7-10,12-13,15-19,21-22,24-27,32-34,36,38-41,43,45-64,66-67,69-73H2,1-6H3,(H-,78,80,82,83)/b14-11-,23-20-,30-28+,31-29-,37-35-,44-42-,68-65+. The average Bonchev–Trinajstić information content (AvgIpc) is 3.69. The summed E-state index contributed by atoms with van der Waals surface area (Å²) < 4.78 is 30.5. The molecule has 0 saturated carbocycles. The highest BCUT2D eigenvalue weighted by Gasteiger charge is 2.27. The van der Waals surface area contributed by atoms with Crippen molar-refractivity contribution in [2.75, 3.05) is 40.9 Å². The van der Waals surface area contributed by atoms with Crippen molar-refractivity contribution in [2.45, 2.75) is 354 Å². The minimum Gasteiger partial charge on any atom is -0.756 e. The van der Waals surface area contributed by atoms with E-state index in [1.165, 1.54) is 205 Å². The van der Waals surface area contributed by atoms with Crippen molar-refractivity contribution in [3.8, 4) is 0 Å². The number of phosphoric acid groups is 1. The number of phosphoric ester groups is 1. The van der Waals surface area contributed by atoms with Crippen molar-refractivity contribution >= 4 is 19.7 Å². The maximum atomic E-state index is 13.6. The van der Waals surface area contributed by atoms with Crippen LogP contribution < -0.4 is 10.2 Å². The number of hydrogen-bond acceptors (Lipinski definition) is 7. The van der Waals surface area contributed by atoms with Crippen molar-refractivity contribution in [1.29, 1.82) is 0 Å². The molecule has 10 heteroatoms. The van der Waals surface area contributed by atoms with Gasteiger partial charge in [0.2, 0.25) is 5.91 Å². The van der Waals surface area contributed by atoms with E-state index in [2.05, 4.69) is 99.0 Å². The SMILES string of the molecule is CC/C=C\C/C=C\C/C=C\C/C=C\C/C=C\CCCCCCCCCC(=O)NC(COP(=O)([O-])OCC[N+](C)(C)C)C(/C=C/CCCCCCCCCCCCC)OC(=O)CCCCCCCCCCCCCCCCC/C=C/CCCCCCCC. The summed E-state index contributed by atoms with van der Waals surface area (Å²) in [5.74, 6) is -0.544. The van der Waals surface area contributed by atoms with Gasteiger partial charge >= 0.3 is 5.97 Å². The van der Waals surface area contributed by atoms with Gasteiger partial charge < -0.3 is 28.5 Å². The lowest BCUT2D eigenvalue weighted by Crippen LogP contribution is -2.47. The molecule has 0 spiro atoms. The van der Waals surface area contributed by atoms with Crippen molar-refractivity contribution < 1.29 is 37.3 Å². The number of unbranched alkanes of at least 4 members (excludes halogenated alkanes) is 39. The van der Waals surface area contributed by atoms with Crippen LogP contribution >= 0.6 is 7.82 Å². The van der Waals surface area contributed by atoms with Crippen LogP contribution in [0.3, 0.4) is 0 Å². The van der Waals surface area contributed by atoms with Crippen LogP contribution in [0.15, 0.2) is 85.1 Å². The first-order valence-corrected chi connectivity index (χ1v) is 38.4. The van der Waals surface area contributed by atoms with E-state index in [1.807, 2.05) is 33.3 Å². The molecule has 0 radical (unpaired) electrons. The fourth-order valence-corrected chi connectivity index (χ4v) is 11.4. The Morgan fingerprint density at radius 2 is 0.736 bits per heavy atom. The zero-order valence-electron chi connectivity index (χ0n) is 58.0. The van der Waals surface area contributed by atoms with E-state index in [0.29, 0.717) is 17.4 Å². The first-order valence-electron chi connectivity index (χ1n) is 36.9. The first kappa shape index (κ1) is 84.2. The molecule has 0 saturated heterocycles. The zero-order valence-corrected chi connectivity index (χ0v) is 58.9. The summed E-state index contributed by atoms with van der Waals surface area (Å²) in [6.45, 7) is 6.76. The lowest BCUT2D eigenvalue weighted by atomic mass is 10.0. The van der Waals surface area contributed by atoms with Crippen LogP contribution in [0.25, 0.3) is 0 Å². The van der Waals surface area contributed by atoms with Gasteiger partial charge in [0.05, 0.1) is 33.8 Å². The summed E-state index contributed by atoms with van der Waals surface area (Å²) in [7, 11) is 1.18. The van der Waals surface area contributed by atoms with Gasteiger partial charge in [-0.15, -0.1) is 0 Å². The number of nitrogens with zero attached hydrogens (tertiary/aromatic N) is 1. The van der Waals surface area contributed by atoms with E-state index in [-0.39, 0.29) is 24.9 Å². The molecule has 0 rings (SSSR count). The number of nitrogens with one attached hydrogen (secondary N) is 1. The van der Waals surface area contributed by atoms with Crippen LogP contribution in [0, 0.1) is 0 Å². The zero-order chi connectivity index (χ0) is 63.5. The highest BCUT2D eigenvalue weighted by Crippen LogP contribution is 2.38. The van der Waals surface area contributed by atoms with E-state index >= 15 is 0 Å². The lowest BCUT2D eigenvalue weighted by Gasteiger charge is -2.30. The van der Waals surface area contributed by atoms with E-state index in [0.717, 1.165) is 103 Å². The number of ether oxygens (including phenoxy) is 1. The molecular weight excluding hydrogens is 1100 g/mol. The third kappa shape index (κ3) is 67.4. The lowest BCUT2D eigenvalue weighted by molar-refractivity contribution is -0.870. The maximum Gasteiger partial charge on any atom is 0.306 e. The van der Waals surface area contributed by atoms with Crippen LogP contribution in [0.4, 0.5) is 0 Å². The number of rotatable bonds is 67. The average molecular weight is 1240 g/mol. The second-order valence-corrected chi connectivity index (χ2v) is 27.5. The van der Waals surface area contributed by atoms with E-state index in [1.54, 1.807) is 0 Å². The topological polar surface area (TPSA) is 114 Å². The molecule has 9 nitrogen and oxygen atoms in total. The van der Waals surface area contributed by atoms with E-state index in [9.17, 15) is 19.0 Å². The Bertz CT molecular complexity index is 1760.